The third kappa shape index (κ3) is 3.92. The summed E-state index contributed by atoms with van der Waals surface area (Å²) in [6.45, 7) is 9.69. The van der Waals surface area contributed by atoms with E-state index in [0.29, 0.717) is 0 Å². The highest BCUT2D eigenvalue weighted by molar-refractivity contribution is 7.14. The molecule has 0 fully saturated rings. The molecule has 2 heterocycles. The van der Waals surface area contributed by atoms with Gasteiger partial charge in [0.25, 0.3) is 0 Å². The van der Waals surface area contributed by atoms with Crippen LogP contribution >= 0.6 is 11.3 Å². The first-order chi connectivity index (χ1) is 13.9. The highest BCUT2D eigenvalue weighted by Crippen LogP contribution is 2.34. The molecule has 0 unspecified atom stereocenters. The SMILES string of the molecule is CC(=O)N(c1nc(CN2CCCc3cc(C)ccc32)cs1)c1cccc(C)c1C. The minimum absolute atomic E-state index is 0.0154. The van der Waals surface area contributed by atoms with Crippen LogP contribution in [0.25, 0.3) is 0 Å². The van der Waals surface area contributed by atoms with Crippen molar-refractivity contribution in [2.45, 2.75) is 47.1 Å². The molecule has 4 nitrogen and oxygen atoms in total. The number of fused-ring (bicyclic) bond motifs is 1. The van der Waals surface area contributed by atoms with E-state index in [0.717, 1.165) is 48.0 Å². The first-order valence-corrected chi connectivity index (χ1v) is 11.0. The van der Waals surface area contributed by atoms with Gasteiger partial charge in [0.05, 0.1) is 17.9 Å². The lowest BCUT2D eigenvalue weighted by Crippen LogP contribution is -2.29. The standard InChI is InChI=1S/C24H27N3OS/c1-16-10-11-23-20(13-16)8-6-12-26(23)14-21-15-29-24(25-21)27(19(4)28)22-9-5-7-17(2)18(22)3/h5,7,9-11,13,15H,6,8,12,14H2,1-4H3. The van der Waals surface area contributed by atoms with Crippen LogP contribution in [0.2, 0.25) is 0 Å². The predicted octanol–water partition coefficient (Wildman–Crippen LogP) is 5.71. The smallest absolute Gasteiger partial charge is 0.230 e. The second-order valence-electron chi connectivity index (χ2n) is 7.85. The summed E-state index contributed by atoms with van der Waals surface area (Å²) in [5, 5.41) is 2.82. The van der Waals surface area contributed by atoms with E-state index in [1.54, 1.807) is 11.8 Å². The highest BCUT2D eigenvalue weighted by atomic mass is 32.1. The minimum atomic E-state index is -0.0154. The molecule has 4 rings (SSSR count). The summed E-state index contributed by atoms with van der Waals surface area (Å²) in [6.07, 6.45) is 2.30. The zero-order chi connectivity index (χ0) is 20.5. The fourth-order valence-corrected chi connectivity index (χ4v) is 4.89. The van der Waals surface area contributed by atoms with E-state index >= 15 is 0 Å². The van der Waals surface area contributed by atoms with Crippen molar-refractivity contribution < 1.29 is 4.79 Å². The fraction of sp³-hybridized carbons (Fsp3) is 0.333. The van der Waals surface area contributed by atoms with Gasteiger partial charge in [-0.3, -0.25) is 9.69 Å². The van der Waals surface area contributed by atoms with E-state index in [-0.39, 0.29) is 5.91 Å². The predicted molar refractivity (Wildman–Crippen MR) is 121 cm³/mol. The van der Waals surface area contributed by atoms with Crippen LogP contribution in [0.15, 0.2) is 41.8 Å². The number of carbonyl (C=O) groups is 1. The molecule has 0 atom stereocenters. The molecule has 0 N–H and O–H groups in total. The summed E-state index contributed by atoms with van der Waals surface area (Å²) in [4.78, 5) is 21.5. The minimum Gasteiger partial charge on any atom is -0.365 e. The van der Waals surface area contributed by atoms with Gasteiger partial charge in [0.2, 0.25) is 5.91 Å². The Morgan fingerprint density at radius 3 is 2.83 bits per heavy atom. The van der Waals surface area contributed by atoms with Gasteiger partial charge in [-0.1, -0.05) is 29.8 Å². The van der Waals surface area contributed by atoms with Gasteiger partial charge in [0.1, 0.15) is 0 Å². The molecule has 0 radical (unpaired) electrons. The Balaban J connectivity index is 1.61. The maximum absolute atomic E-state index is 12.5. The summed E-state index contributed by atoms with van der Waals surface area (Å²) in [7, 11) is 0. The second kappa shape index (κ2) is 7.99. The number of hydrogen-bond donors (Lipinski definition) is 0. The van der Waals surface area contributed by atoms with Crippen LogP contribution in [0.5, 0.6) is 0 Å². The fourth-order valence-electron chi connectivity index (χ4n) is 4.02. The van der Waals surface area contributed by atoms with E-state index in [1.165, 1.54) is 33.7 Å². The van der Waals surface area contributed by atoms with Gasteiger partial charge in [0.15, 0.2) is 5.13 Å². The topological polar surface area (TPSA) is 36.4 Å². The number of carbonyl (C=O) groups excluding carboxylic acids is 1. The van der Waals surface area contributed by atoms with Crippen LogP contribution in [-0.2, 0) is 17.8 Å². The number of anilines is 3. The van der Waals surface area contributed by atoms with Crippen molar-refractivity contribution in [3.63, 3.8) is 0 Å². The number of nitrogens with zero attached hydrogens (tertiary/aromatic N) is 3. The number of aryl methyl sites for hydroxylation is 3. The van der Waals surface area contributed by atoms with E-state index in [1.807, 2.05) is 12.1 Å². The molecule has 0 bridgehead atoms. The van der Waals surface area contributed by atoms with E-state index in [4.69, 9.17) is 4.98 Å². The lowest BCUT2D eigenvalue weighted by atomic mass is 9.99. The van der Waals surface area contributed by atoms with E-state index in [2.05, 4.69) is 55.3 Å². The van der Waals surface area contributed by atoms with E-state index < -0.39 is 0 Å². The lowest BCUT2D eigenvalue weighted by Gasteiger charge is -2.31. The Morgan fingerprint density at radius 1 is 1.21 bits per heavy atom. The number of aromatic nitrogens is 1. The molecular weight excluding hydrogens is 378 g/mol. The molecule has 5 heteroatoms. The van der Waals surface area contributed by atoms with Crippen LogP contribution in [0.1, 0.15) is 41.3 Å². The maximum Gasteiger partial charge on any atom is 0.230 e. The molecule has 29 heavy (non-hydrogen) atoms. The van der Waals surface area contributed by atoms with Gasteiger partial charge in [-0.25, -0.2) is 4.98 Å². The molecule has 1 aromatic heterocycles. The molecule has 1 aliphatic rings. The van der Waals surface area contributed by atoms with Gasteiger partial charge >= 0.3 is 0 Å². The van der Waals surface area contributed by atoms with Crippen LogP contribution in [0.3, 0.4) is 0 Å². The number of amides is 1. The zero-order valence-corrected chi connectivity index (χ0v) is 18.3. The van der Waals surface area contributed by atoms with Crippen LogP contribution in [-0.4, -0.2) is 17.4 Å². The molecular formula is C24H27N3OS. The van der Waals surface area contributed by atoms with Gasteiger partial charge < -0.3 is 4.90 Å². The average molecular weight is 406 g/mol. The Labute approximate surface area is 176 Å². The summed E-state index contributed by atoms with van der Waals surface area (Å²) in [5.41, 5.74) is 8.26. The Morgan fingerprint density at radius 2 is 2.03 bits per heavy atom. The number of hydrogen-bond acceptors (Lipinski definition) is 4. The molecule has 0 spiro atoms. The Kier molecular flexibility index (Phi) is 5.41. The zero-order valence-electron chi connectivity index (χ0n) is 17.5. The molecule has 150 valence electrons. The number of benzene rings is 2. The largest absolute Gasteiger partial charge is 0.365 e. The molecule has 0 saturated heterocycles. The summed E-state index contributed by atoms with van der Waals surface area (Å²) < 4.78 is 0. The van der Waals surface area contributed by atoms with E-state index in [9.17, 15) is 4.79 Å². The summed E-state index contributed by atoms with van der Waals surface area (Å²) in [5.74, 6) is -0.0154. The van der Waals surface area contributed by atoms with Crippen molar-refractivity contribution >= 4 is 33.8 Å². The molecule has 3 aromatic rings. The third-order valence-electron chi connectivity index (χ3n) is 5.67. The monoisotopic (exact) mass is 405 g/mol. The lowest BCUT2D eigenvalue weighted by molar-refractivity contribution is -0.115. The van der Waals surface area contributed by atoms with Crippen LogP contribution < -0.4 is 9.80 Å². The highest BCUT2D eigenvalue weighted by Gasteiger charge is 2.22. The summed E-state index contributed by atoms with van der Waals surface area (Å²) in [6, 6.07) is 12.8. The molecule has 0 saturated carbocycles. The van der Waals surface area contributed by atoms with Crippen molar-refractivity contribution in [3.8, 4) is 0 Å². The normalized spacial score (nSPS) is 13.3. The van der Waals surface area contributed by atoms with Crippen LogP contribution in [0, 0.1) is 20.8 Å². The van der Waals surface area contributed by atoms with Crippen molar-refractivity contribution in [2.75, 3.05) is 16.3 Å². The molecule has 0 aliphatic carbocycles. The molecule has 1 amide bonds. The summed E-state index contributed by atoms with van der Waals surface area (Å²) >= 11 is 1.54. The van der Waals surface area contributed by atoms with Crippen molar-refractivity contribution in [2.24, 2.45) is 0 Å². The maximum atomic E-state index is 12.5. The van der Waals surface area contributed by atoms with Gasteiger partial charge in [-0.05, 0) is 62.4 Å². The number of rotatable bonds is 4. The second-order valence-corrected chi connectivity index (χ2v) is 8.69. The quantitative estimate of drug-likeness (QED) is 0.558. The van der Waals surface area contributed by atoms with Gasteiger partial charge in [-0.15, -0.1) is 11.3 Å². The molecule has 1 aliphatic heterocycles. The first kappa shape index (κ1) is 19.6. The van der Waals surface area contributed by atoms with Crippen molar-refractivity contribution in [1.29, 1.82) is 0 Å². The van der Waals surface area contributed by atoms with Crippen LogP contribution in [0.4, 0.5) is 16.5 Å². The Bertz CT molecular complexity index is 1060. The van der Waals surface area contributed by atoms with Gasteiger partial charge in [0, 0.05) is 24.5 Å². The average Bonchev–Trinajstić information content (AvgIpc) is 3.13. The third-order valence-corrected chi connectivity index (χ3v) is 6.54. The van der Waals surface area contributed by atoms with Crippen molar-refractivity contribution in [3.05, 3.63) is 69.7 Å². The van der Waals surface area contributed by atoms with Crippen molar-refractivity contribution in [1.82, 2.24) is 4.98 Å². The Hall–Kier alpha value is -2.66. The number of thiazole rings is 1. The molecule has 2 aromatic carbocycles. The van der Waals surface area contributed by atoms with Gasteiger partial charge in [-0.2, -0.15) is 0 Å². The first-order valence-electron chi connectivity index (χ1n) is 10.1.